The van der Waals surface area contributed by atoms with Gasteiger partial charge in [0.25, 0.3) is 0 Å². The van der Waals surface area contributed by atoms with E-state index in [1.807, 2.05) is 32.8 Å². The molecule has 4 rings (SSSR count). The lowest BCUT2D eigenvalue weighted by Gasteiger charge is -2.48. The van der Waals surface area contributed by atoms with Gasteiger partial charge in [-0.3, -0.25) is 9.78 Å². The lowest BCUT2D eigenvalue weighted by atomic mass is 9.77. The summed E-state index contributed by atoms with van der Waals surface area (Å²) in [6, 6.07) is 1.29. The second kappa shape index (κ2) is 20.3. The number of amides is 2. The number of carbonyl (C=O) groups excluding carboxylic acids is 2. The maximum atomic E-state index is 14.4. The molecule has 3 fully saturated rings. The highest BCUT2D eigenvalue weighted by Crippen LogP contribution is 2.40. The van der Waals surface area contributed by atoms with Crippen LogP contribution in [0.2, 0.25) is 0 Å². The van der Waals surface area contributed by atoms with Crippen molar-refractivity contribution in [3.8, 4) is 0 Å². The second-order valence-electron chi connectivity index (χ2n) is 18.5. The highest BCUT2D eigenvalue weighted by Gasteiger charge is 2.53. The number of ether oxygens (including phenoxy) is 6. The molecule has 18 atom stereocenters. The predicted molar refractivity (Wildman–Crippen MR) is 222 cm³/mol. The zero-order valence-corrected chi connectivity index (χ0v) is 37.8. The first-order valence-corrected chi connectivity index (χ1v) is 21.4. The average Bonchev–Trinajstić information content (AvgIpc) is 3.18. The number of urea groups is 1. The Morgan fingerprint density at radius 2 is 1.62 bits per heavy atom. The van der Waals surface area contributed by atoms with Gasteiger partial charge in [-0.15, -0.1) is 0 Å². The molecule has 6 N–H and O–H groups in total. The van der Waals surface area contributed by atoms with Crippen LogP contribution in [0.3, 0.4) is 0 Å². The van der Waals surface area contributed by atoms with Gasteiger partial charge in [-0.05, 0) is 99.9 Å². The van der Waals surface area contributed by atoms with Crippen LogP contribution in [0.15, 0.2) is 24.5 Å². The SMILES string of the molecule is CCC1OC(=O)[C@H](C)[C@@H](O[C@H]2C[C@@](C)(OC)[C@@H](O)[C@H](C)O2)[C@H](C)[C@@H](O[C@@H]2O[C@H](C)C[C@H](N(C)C)[C@H]2O)[C@](C)(O)C[C@@H](C)CN(C(=O)Nc2ccncc2)[C@H](C)[C@@H](O)[C@]1(C)O. The van der Waals surface area contributed by atoms with E-state index in [4.69, 9.17) is 28.4 Å². The third-order valence-corrected chi connectivity index (χ3v) is 13.1. The second-order valence-corrected chi connectivity index (χ2v) is 18.5. The number of methoxy groups -OCH3 is 1. The van der Waals surface area contributed by atoms with E-state index in [0.717, 1.165) is 0 Å². The molecule has 0 bridgehead atoms. The summed E-state index contributed by atoms with van der Waals surface area (Å²) in [4.78, 5) is 35.8. The fraction of sp³-hybridized carbons (Fsp3) is 0.837. The first-order valence-electron chi connectivity index (χ1n) is 21.4. The van der Waals surface area contributed by atoms with Crippen LogP contribution >= 0.6 is 0 Å². The van der Waals surface area contributed by atoms with Gasteiger partial charge in [0, 0.05) is 50.1 Å². The van der Waals surface area contributed by atoms with Gasteiger partial charge in [-0.25, -0.2) is 4.79 Å². The molecule has 0 saturated carbocycles. The van der Waals surface area contributed by atoms with Crippen molar-refractivity contribution >= 4 is 17.7 Å². The number of nitrogens with zero attached hydrogens (tertiary/aromatic N) is 3. The summed E-state index contributed by atoms with van der Waals surface area (Å²) in [5.41, 5.74) is -4.41. The quantitative estimate of drug-likeness (QED) is 0.207. The van der Waals surface area contributed by atoms with Crippen LogP contribution in [0.25, 0.3) is 0 Å². The number of aliphatic hydroxyl groups excluding tert-OH is 3. The first kappa shape index (κ1) is 50.1. The maximum Gasteiger partial charge on any atom is 0.322 e. The summed E-state index contributed by atoms with van der Waals surface area (Å²) in [5, 5.41) is 62.2. The molecule has 17 heteroatoms. The van der Waals surface area contributed by atoms with Crippen LogP contribution in [0.1, 0.15) is 94.9 Å². The van der Waals surface area contributed by atoms with E-state index >= 15 is 0 Å². The van der Waals surface area contributed by atoms with Crippen molar-refractivity contribution in [1.82, 2.24) is 14.8 Å². The zero-order chi connectivity index (χ0) is 45.1. The molecule has 1 unspecified atom stereocenters. The van der Waals surface area contributed by atoms with Gasteiger partial charge < -0.3 is 69.1 Å². The van der Waals surface area contributed by atoms with E-state index in [9.17, 15) is 35.1 Å². The molecule has 17 nitrogen and oxygen atoms in total. The minimum atomic E-state index is -2.05. The Bertz CT molecular complexity index is 1540. The topological polar surface area (TPSA) is 222 Å². The van der Waals surface area contributed by atoms with E-state index in [0.29, 0.717) is 12.1 Å². The van der Waals surface area contributed by atoms with Crippen LogP contribution in [0, 0.1) is 17.8 Å². The molecule has 0 aliphatic carbocycles. The lowest BCUT2D eigenvalue weighted by molar-refractivity contribution is -0.318. The summed E-state index contributed by atoms with van der Waals surface area (Å²) < 4.78 is 37.7. The number of esters is 1. The number of likely N-dealkylation sites (N-methyl/N-ethyl adjacent to an activating group) is 1. The fourth-order valence-corrected chi connectivity index (χ4v) is 9.41. The highest BCUT2D eigenvalue weighted by molar-refractivity contribution is 5.89. The number of hydrogen-bond donors (Lipinski definition) is 6. The molecule has 2 amide bonds. The van der Waals surface area contributed by atoms with Crippen molar-refractivity contribution in [3.63, 3.8) is 0 Å². The van der Waals surface area contributed by atoms with Gasteiger partial charge in [0.05, 0.1) is 47.6 Å². The standard InChI is InChI=1S/C43H74N4O13/c1-14-31-43(10,54)35(49)27(6)47(40(52)45-29-15-17-44-18-16-29)22-23(2)20-41(8,53)37(60-39-33(48)30(46(11)12)19-24(3)56-39)25(4)34(26(5)38(51)58-31)59-32-21-42(9,55-13)36(50)28(7)57-32/h15-18,23-28,30-37,39,48-50,53-54H,14,19-22H2,1-13H3,(H,44,45,52)/t23-,24-,25+,26-,27-,28+,30+,31?,32+,33-,34+,35-,36+,37-,39+,41-,42-,43-/m1/s1. The van der Waals surface area contributed by atoms with Crippen molar-refractivity contribution in [2.24, 2.45) is 17.8 Å². The predicted octanol–water partition coefficient (Wildman–Crippen LogP) is 2.90. The number of pyridine rings is 1. The molecular weight excluding hydrogens is 780 g/mol. The Labute approximate surface area is 356 Å². The van der Waals surface area contributed by atoms with Crippen LogP contribution in [-0.2, 0) is 33.2 Å². The number of aromatic nitrogens is 1. The monoisotopic (exact) mass is 855 g/mol. The normalized spacial score (nSPS) is 44.1. The first-order chi connectivity index (χ1) is 27.9. The number of cyclic esters (lactones) is 1. The molecule has 60 heavy (non-hydrogen) atoms. The molecule has 1 aromatic heterocycles. The summed E-state index contributed by atoms with van der Waals surface area (Å²) in [6.45, 7) is 16.8. The van der Waals surface area contributed by atoms with Crippen LogP contribution in [0.4, 0.5) is 10.5 Å². The van der Waals surface area contributed by atoms with Crippen molar-refractivity contribution < 1.29 is 63.5 Å². The number of aliphatic hydroxyl groups is 5. The van der Waals surface area contributed by atoms with Crippen molar-refractivity contribution in [2.75, 3.05) is 33.1 Å². The fourth-order valence-electron chi connectivity index (χ4n) is 9.41. The highest BCUT2D eigenvalue weighted by atomic mass is 16.7. The Morgan fingerprint density at radius 3 is 2.20 bits per heavy atom. The largest absolute Gasteiger partial charge is 0.459 e. The molecule has 3 aliphatic rings. The number of rotatable bonds is 8. The van der Waals surface area contributed by atoms with Gasteiger partial charge in [0.1, 0.15) is 30.0 Å². The third-order valence-electron chi connectivity index (χ3n) is 13.1. The van der Waals surface area contributed by atoms with E-state index in [1.54, 1.807) is 60.6 Å². The van der Waals surface area contributed by atoms with Gasteiger partial charge in [0.2, 0.25) is 0 Å². The Hall–Kier alpha value is -2.55. The Kier molecular flexibility index (Phi) is 17.0. The molecule has 3 saturated heterocycles. The number of hydrogen-bond acceptors (Lipinski definition) is 15. The van der Waals surface area contributed by atoms with Crippen LogP contribution in [-0.4, -0.2) is 170 Å². The number of nitrogens with one attached hydrogen (secondary N) is 1. The summed E-state index contributed by atoms with van der Waals surface area (Å²) >= 11 is 0. The van der Waals surface area contributed by atoms with E-state index in [2.05, 4.69) is 10.3 Å². The molecule has 4 heterocycles. The number of anilines is 1. The summed E-state index contributed by atoms with van der Waals surface area (Å²) in [5.74, 6) is -3.21. The Morgan fingerprint density at radius 1 is 0.983 bits per heavy atom. The van der Waals surface area contributed by atoms with Crippen molar-refractivity contribution in [1.29, 1.82) is 0 Å². The molecule has 0 aromatic carbocycles. The average molecular weight is 855 g/mol. The maximum absolute atomic E-state index is 14.4. The van der Waals surface area contributed by atoms with Crippen LogP contribution < -0.4 is 5.32 Å². The van der Waals surface area contributed by atoms with E-state index in [1.165, 1.54) is 31.3 Å². The molecule has 1 aromatic rings. The van der Waals surface area contributed by atoms with Crippen molar-refractivity contribution in [3.05, 3.63) is 24.5 Å². The number of carbonyl (C=O) groups is 2. The summed E-state index contributed by atoms with van der Waals surface area (Å²) in [7, 11) is 5.20. The zero-order valence-electron chi connectivity index (χ0n) is 37.8. The lowest BCUT2D eigenvalue weighted by Crippen LogP contribution is -2.61. The van der Waals surface area contributed by atoms with Gasteiger partial charge >= 0.3 is 12.0 Å². The van der Waals surface area contributed by atoms with Gasteiger partial charge in [0.15, 0.2) is 12.6 Å². The molecule has 344 valence electrons. The molecule has 0 spiro atoms. The smallest absolute Gasteiger partial charge is 0.322 e. The molecule has 0 radical (unpaired) electrons. The Balaban J connectivity index is 1.86. The van der Waals surface area contributed by atoms with E-state index in [-0.39, 0.29) is 38.0 Å². The van der Waals surface area contributed by atoms with E-state index < -0.39 is 108 Å². The van der Waals surface area contributed by atoms with Gasteiger partial charge in [-0.2, -0.15) is 0 Å². The summed E-state index contributed by atoms with van der Waals surface area (Å²) in [6.07, 6.45) is -6.71. The molecule has 3 aliphatic heterocycles. The van der Waals surface area contributed by atoms with Gasteiger partial charge in [-0.1, -0.05) is 20.8 Å². The molecular formula is C43H74N4O13. The third kappa shape index (κ3) is 11.3. The van der Waals surface area contributed by atoms with Crippen LogP contribution in [0.5, 0.6) is 0 Å². The van der Waals surface area contributed by atoms with Crippen molar-refractivity contribution in [2.45, 2.75) is 185 Å². The minimum Gasteiger partial charge on any atom is -0.459 e. The minimum absolute atomic E-state index is 0.00338.